The van der Waals surface area contributed by atoms with Gasteiger partial charge < -0.3 is 10.0 Å². The number of aliphatic carboxylic acids is 1. The van der Waals surface area contributed by atoms with Crippen molar-refractivity contribution in [2.45, 2.75) is 24.7 Å². The number of likely N-dealkylation sites (N-methyl/N-ethyl adjacent to an activating group) is 1. The van der Waals surface area contributed by atoms with Crippen molar-refractivity contribution in [3.8, 4) is 0 Å². The first-order valence-electron chi connectivity index (χ1n) is 7.75. The Morgan fingerprint density at radius 2 is 1.75 bits per heavy atom. The van der Waals surface area contributed by atoms with Crippen molar-refractivity contribution >= 4 is 21.9 Å². The molecule has 0 bridgehead atoms. The zero-order valence-corrected chi connectivity index (χ0v) is 14.6. The molecular weight excluding hydrogens is 332 g/mol. The van der Waals surface area contributed by atoms with Gasteiger partial charge >= 0.3 is 5.97 Å². The van der Waals surface area contributed by atoms with Gasteiger partial charge in [-0.15, -0.1) is 0 Å². The lowest BCUT2D eigenvalue weighted by Gasteiger charge is -2.32. The molecule has 0 radical (unpaired) electrons. The number of benzene rings is 1. The molecule has 1 aliphatic rings. The van der Waals surface area contributed by atoms with E-state index in [2.05, 4.69) is 0 Å². The van der Waals surface area contributed by atoms with E-state index >= 15 is 0 Å². The number of carboxylic acids is 1. The van der Waals surface area contributed by atoms with Gasteiger partial charge in [0.2, 0.25) is 15.9 Å². The summed E-state index contributed by atoms with van der Waals surface area (Å²) in [7, 11) is -2.10. The molecule has 1 amide bonds. The van der Waals surface area contributed by atoms with Crippen LogP contribution in [0.15, 0.2) is 29.2 Å². The summed E-state index contributed by atoms with van der Waals surface area (Å²) >= 11 is 0. The van der Waals surface area contributed by atoms with Crippen molar-refractivity contribution in [1.29, 1.82) is 0 Å². The fourth-order valence-electron chi connectivity index (χ4n) is 2.79. The number of carbonyl (C=O) groups excluding carboxylic acids is 1. The summed E-state index contributed by atoms with van der Waals surface area (Å²) in [6.45, 7) is 2.06. The van der Waals surface area contributed by atoms with E-state index in [1.165, 1.54) is 16.3 Å². The highest BCUT2D eigenvalue weighted by Crippen LogP contribution is 2.25. The highest BCUT2D eigenvalue weighted by atomic mass is 32.2. The van der Waals surface area contributed by atoms with E-state index in [1.54, 1.807) is 24.3 Å². The second-order valence-electron chi connectivity index (χ2n) is 6.08. The topological polar surface area (TPSA) is 95.0 Å². The van der Waals surface area contributed by atoms with Crippen LogP contribution in [0.3, 0.4) is 0 Å². The Morgan fingerprint density at radius 1 is 1.21 bits per heavy atom. The van der Waals surface area contributed by atoms with Gasteiger partial charge in [-0.2, -0.15) is 4.31 Å². The van der Waals surface area contributed by atoms with E-state index in [0.29, 0.717) is 12.8 Å². The second-order valence-corrected chi connectivity index (χ2v) is 8.02. The molecule has 8 heteroatoms. The molecule has 0 spiro atoms. The Kier molecular flexibility index (Phi) is 5.61. The highest BCUT2D eigenvalue weighted by Gasteiger charge is 2.33. The van der Waals surface area contributed by atoms with Gasteiger partial charge in [-0.25, -0.2) is 8.42 Å². The lowest BCUT2D eigenvalue weighted by Crippen LogP contribution is -2.44. The lowest BCUT2D eigenvalue weighted by atomic mass is 9.97. The maximum absolute atomic E-state index is 12.6. The summed E-state index contributed by atoms with van der Waals surface area (Å²) < 4.78 is 26.6. The van der Waals surface area contributed by atoms with Crippen molar-refractivity contribution in [3.05, 3.63) is 29.8 Å². The van der Waals surface area contributed by atoms with E-state index < -0.39 is 16.0 Å². The van der Waals surface area contributed by atoms with Crippen LogP contribution >= 0.6 is 0 Å². The third-order valence-corrected chi connectivity index (χ3v) is 6.12. The van der Waals surface area contributed by atoms with Gasteiger partial charge in [0.05, 0.1) is 4.90 Å². The number of hydrogen-bond donors (Lipinski definition) is 1. The predicted octanol–water partition coefficient (Wildman–Crippen LogP) is 0.939. The molecule has 1 aliphatic heterocycles. The molecule has 0 atom stereocenters. The number of nitrogens with zero attached hydrogens (tertiary/aromatic N) is 2. The molecular formula is C16H22N2O5S. The highest BCUT2D eigenvalue weighted by molar-refractivity contribution is 7.89. The average molecular weight is 354 g/mol. The van der Waals surface area contributed by atoms with E-state index in [0.717, 1.165) is 5.56 Å². The Labute approximate surface area is 141 Å². The van der Waals surface area contributed by atoms with Crippen LogP contribution in [0, 0.1) is 12.8 Å². The van der Waals surface area contributed by atoms with Crippen LogP contribution in [0.25, 0.3) is 0 Å². The van der Waals surface area contributed by atoms with Gasteiger partial charge in [0.1, 0.15) is 6.54 Å². The van der Waals surface area contributed by atoms with Crippen molar-refractivity contribution in [2.24, 2.45) is 5.92 Å². The first-order valence-corrected chi connectivity index (χ1v) is 9.19. The number of sulfonamides is 1. The summed E-state index contributed by atoms with van der Waals surface area (Å²) in [5, 5.41) is 8.74. The number of aryl methyl sites for hydroxylation is 1. The van der Waals surface area contributed by atoms with Crippen LogP contribution in [-0.4, -0.2) is 61.3 Å². The van der Waals surface area contributed by atoms with E-state index in [1.807, 2.05) is 6.92 Å². The molecule has 7 nitrogen and oxygen atoms in total. The number of carbonyl (C=O) groups is 2. The molecule has 1 aromatic carbocycles. The lowest BCUT2D eigenvalue weighted by molar-refractivity contribution is -0.145. The minimum Gasteiger partial charge on any atom is -0.480 e. The fraction of sp³-hybridized carbons (Fsp3) is 0.500. The summed E-state index contributed by atoms with van der Waals surface area (Å²) in [6, 6.07) is 6.68. The van der Waals surface area contributed by atoms with Crippen molar-refractivity contribution in [3.63, 3.8) is 0 Å². The van der Waals surface area contributed by atoms with Crippen molar-refractivity contribution in [1.82, 2.24) is 9.21 Å². The summed E-state index contributed by atoms with van der Waals surface area (Å²) in [6.07, 6.45) is 0.793. The number of hydrogen-bond acceptors (Lipinski definition) is 4. The largest absolute Gasteiger partial charge is 0.480 e. The smallest absolute Gasteiger partial charge is 0.323 e. The monoisotopic (exact) mass is 354 g/mol. The van der Waals surface area contributed by atoms with E-state index in [4.69, 9.17) is 5.11 Å². The van der Waals surface area contributed by atoms with Gasteiger partial charge in [0.15, 0.2) is 0 Å². The SMILES string of the molecule is Cc1ccc(S(=O)(=O)N2CCC(C(=O)N(C)CC(=O)O)CC2)cc1. The van der Waals surface area contributed by atoms with Crippen molar-refractivity contribution in [2.75, 3.05) is 26.7 Å². The molecule has 0 unspecified atom stereocenters. The van der Waals surface area contributed by atoms with Gasteiger partial charge in [-0.1, -0.05) is 17.7 Å². The number of piperidine rings is 1. The second kappa shape index (κ2) is 7.31. The van der Waals surface area contributed by atoms with Crippen LogP contribution in [-0.2, 0) is 19.6 Å². The third-order valence-electron chi connectivity index (χ3n) is 4.21. The first-order chi connectivity index (χ1) is 11.2. The normalized spacial score (nSPS) is 16.8. The maximum Gasteiger partial charge on any atom is 0.323 e. The van der Waals surface area contributed by atoms with Crippen LogP contribution < -0.4 is 0 Å². The summed E-state index contributed by atoms with van der Waals surface area (Å²) in [5.41, 5.74) is 0.986. The zero-order chi connectivity index (χ0) is 17.9. The maximum atomic E-state index is 12.6. The van der Waals surface area contributed by atoms with Crippen LogP contribution in [0.1, 0.15) is 18.4 Å². The fourth-order valence-corrected chi connectivity index (χ4v) is 4.26. The zero-order valence-electron chi connectivity index (χ0n) is 13.8. The van der Waals surface area contributed by atoms with Gasteiger partial charge in [-0.05, 0) is 31.9 Å². The van der Waals surface area contributed by atoms with E-state index in [-0.39, 0.29) is 36.4 Å². The Balaban J connectivity index is 2.00. The van der Waals surface area contributed by atoms with Crippen LogP contribution in [0.5, 0.6) is 0 Å². The quantitative estimate of drug-likeness (QED) is 0.849. The summed E-state index contributed by atoms with van der Waals surface area (Å²) in [5.74, 6) is -1.64. The molecule has 24 heavy (non-hydrogen) atoms. The molecule has 1 fully saturated rings. The molecule has 1 saturated heterocycles. The van der Waals surface area contributed by atoms with Gasteiger partial charge in [0, 0.05) is 26.1 Å². The molecule has 0 saturated carbocycles. The first kappa shape index (κ1) is 18.4. The average Bonchev–Trinajstić information content (AvgIpc) is 2.54. The minimum atomic E-state index is -3.55. The minimum absolute atomic E-state index is 0.246. The Hall–Kier alpha value is -1.93. The number of carboxylic acid groups (broad SMARTS) is 1. The third kappa shape index (κ3) is 4.12. The molecule has 1 heterocycles. The van der Waals surface area contributed by atoms with Gasteiger partial charge in [0.25, 0.3) is 0 Å². The molecule has 0 aliphatic carbocycles. The summed E-state index contributed by atoms with van der Waals surface area (Å²) in [4.78, 5) is 24.3. The number of rotatable bonds is 5. The molecule has 1 N–H and O–H groups in total. The molecule has 132 valence electrons. The molecule has 2 rings (SSSR count). The van der Waals surface area contributed by atoms with E-state index in [9.17, 15) is 18.0 Å². The van der Waals surface area contributed by atoms with Crippen molar-refractivity contribution < 1.29 is 23.1 Å². The number of amides is 1. The molecule has 0 aromatic heterocycles. The Bertz CT molecular complexity index is 706. The predicted molar refractivity (Wildman–Crippen MR) is 87.9 cm³/mol. The van der Waals surface area contributed by atoms with Crippen LogP contribution in [0.2, 0.25) is 0 Å². The standard InChI is InChI=1S/C16H22N2O5S/c1-12-3-5-14(6-4-12)24(22,23)18-9-7-13(8-10-18)16(21)17(2)11-15(19)20/h3-6,13H,7-11H2,1-2H3,(H,19,20). The molecule has 1 aromatic rings. The Morgan fingerprint density at radius 3 is 2.25 bits per heavy atom. The van der Waals surface area contributed by atoms with Gasteiger partial charge in [-0.3, -0.25) is 9.59 Å². The van der Waals surface area contributed by atoms with Crippen LogP contribution in [0.4, 0.5) is 0 Å².